The number of furan rings is 1. The molecule has 2 aromatic carbocycles. The van der Waals surface area contributed by atoms with E-state index in [0.29, 0.717) is 52.8 Å². The number of amides is 1. The molecular formula is C21H15BrClN3O4. The predicted octanol–water partition coefficient (Wildman–Crippen LogP) is 4.73. The van der Waals surface area contributed by atoms with Crippen LogP contribution in [0.5, 0.6) is 0 Å². The lowest BCUT2D eigenvalue weighted by Crippen LogP contribution is -2.22. The van der Waals surface area contributed by atoms with Crippen molar-refractivity contribution in [1.29, 1.82) is 0 Å². The average Bonchev–Trinajstić information content (AvgIpc) is 3.37. The molecule has 3 heterocycles. The van der Waals surface area contributed by atoms with Gasteiger partial charge in [-0.2, -0.15) is 0 Å². The number of aromatic amines is 1. The van der Waals surface area contributed by atoms with Gasteiger partial charge in [0.15, 0.2) is 0 Å². The van der Waals surface area contributed by atoms with E-state index in [0.717, 1.165) is 9.86 Å². The van der Waals surface area contributed by atoms with E-state index < -0.39 is 5.56 Å². The molecule has 0 aliphatic carbocycles. The first-order chi connectivity index (χ1) is 14.5. The van der Waals surface area contributed by atoms with Crippen molar-refractivity contribution in [3.63, 3.8) is 0 Å². The molecule has 0 saturated carbocycles. The molecule has 0 radical (unpaired) electrons. The minimum absolute atomic E-state index is 0.0975. The van der Waals surface area contributed by atoms with Crippen LogP contribution in [0, 0.1) is 5.92 Å². The van der Waals surface area contributed by atoms with Gasteiger partial charge in [-0.1, -0.05) is 27.5 Å². The molecule has 1 amide bonds. The summed E-state index contributed by atoms with van der Waals surface area (Å²) in [5, 5.41) is 3.94. The van der Waals surface area contributed by atoms with Gasteiger partial charge in [-0.3, -0.25) is 9.59 Å². The zero-order valence-corrected chi connectivity index (χ0v) is 17.8. The quantitative estimate of drug-likeness (QED) is 0.435. The summed E-state index contributed by atoms with van der Waals surface area (Å²) < 4.78 is 11.8. The first-order valence-corrected chi connectivity index (χ1v) is 10.5. The van der Waals surface area contributed by atoms with Crippen LogP contribution in [-0.4, -0.2) is 29.1 Å². The van der Waals surface area contributed by atoms with Gasteiger partial charge in [0.2, 0.25) is 11.5 Å². The number of halogens is 2. The maximum atomic E-state index is 12.6. The van der Waals surface area contributed by atoms with Gasteiger partial charge >= 0.3 is 0 Å². The van der Waals surface area contributed by atoms with Crippen LogP contribution in [-0.2, 0) is 9.53 Å². The average molecular weight is 489 g/mol. The zero-order valence-electron chi connectivity index (χ0n) is 15.5. The van der Waals surface area contributed by atoms with Crippen molar-refractivity contribution in [3.05, 3.63) is 56.2 Å². The van der Waals surface area contributed by atoms with Gasteiger partial charge in [0.05, 0.1) is 17.5 Å². The van der Waals surface area contributed by atoms with Crippen LogP contribution in [0.3, 0.4) is 0 Å². The summed E-state index contributed by atoms with van der Waals surface area (Å²) in [6.45, 7) is 1.02. The third-order valence-corrected chi connectivity index (χ3v) is 5.88. The first-order valence-electron chi connectivity index (χ1n) is 9.30. The fourth-order valence-electron chi connectivity index (χ4n) is 3.52. The van der Waals surface area contributed by atoms with Gasteiger partial charge in [-0.05, 0) is 42.8 Å². The highest BCUT2D eigenvalue weighted by Crippen LogP contribution is 2.32. The monoisotopic (exact) mass is 487 g/mol. The smallest absolute Gasteiger partial charge is 0.294 e. The molecule has 4 aromatic rings. The van der Waals surface area contributed by atoms with Gasteiger partial charge in [-0.25, -0.2) is 4.98 Å². The number of hydrogen-bond acceptors (Lipinski definition) is 5. The molecule has 1 atom stereocenters. The molecule has 1 fully saturated rings. The van der Waals surface area contributed by atoms with Crippen molar-refractivity contribution in [1.82, 2.24) is 9.97 Å². The molecule has 30 heavy (non-hydrogen) atoms. The zero-order chi connectivity index (χ0) is 20.8. The topological polar surface area (TPSA) is 97.2 Å². The molecular weight excluding hydrogens is 474 g/mol. The molecule has 1 aliphatic rings. The summed E-state index contributed by atoms with van der Waals surface area (Å²) in [5.41, 5.74) is 1.91. The molecule has 1 saturated heterocycles. The van der Waals surface area contributed by atoms with Crippen molar-refractivity contribution in [3.8, 4) is 11.4 Å². The summed E-state index contributed by atoms with van der Waals surface area (Å²) in [6, 6.07) is 10.5. The van der Waals surface area contributed by atoms with Gasteiger partial charge in [0.1, 0.15) is 16.9 Å². The fraction of sp³-hybridized carbons (Fsp3) is 0.190. The molecule has 152 valence electrons. The molecule has 5 rings (SSSR count). The number of carbonyl (C=O) groups is 1. The summed E-state index contributed by atoms with van der Waals surface area (Å²) in [5.74, 6) is 0.0690. The number of carbonyl (C=O) groups excluding carboxylic acids is 1. The van der Waals surface area contributed by atoms with Crippen LogP contribution in [0.1, 0.15) is 6.42 Å². The number of nitrogens with zero attached hydrogens (tertiary/aromatic N) is 1. The Balaban J connectivity index is 1.53. The third kappa shape index (κ3) is 3.40. The number of H-pyrrole nitrogens is 1. The Morgan fingerprint density at radius 3 is 2.90 bits per heavy atom. The van der Waals surface area contributed by atoms with Crippen molar-refractivity contribution < 1.29 is 13.9 Å². The fourth-order valence-corrected chi connectivity index (χ4v) is 4.16. The van der Waals surface area contributed by atoms with E-state index >= 15 is 0 Å². The van der Waals surface area contributed by atoms with E-state index in [1.54, 1.807) is 24.3 Å². The number of benzene rings is 2. The Morgan fingerprint density at radius 2 is 2.13 bits per heavy atom. The van der Waals surface area contributed by atoms with Crippen LogP contribution in [0.25, 0.3) is 33.5 Å². The molecule has 0 spiro atoms. The number of anilines is 1. The van der Waals surface area contributed by atoms with E-state index in [9.17, 15) is 9.59 Å². The molecule has 2 N–H and O–H groups in total. The lowest BCUT2D eigenvalue weighted by Gasteiger charge is -2.11. The van der Waals surface area contributed by atoms with Crippen molar-refractivity contribution in [2.24, 2.45) is 5.92 Å². The van der Waals surface area contributed by atoms with Crippen LogP contribution < -0.4 is 10.9 Å². The minimum Gasteiger partial charge on any atom is -0.449 e. The van der Waals surface area contributed by atoms with Crippen molar-refractivity contribution in [2.45, 2.75) is 6.42 Å². The highest BCUT2D eigenvalue weighted by molar-refractivity contribution is 9.10. The van der Waals surface area contributed by atoms with Crippen LogP contribution in [0.15, 0.2) is 50.1 Å². The van der Waals surface area contributed by atoms with Gasteiger partial charge in [-0.15, -0.1) is 0 Å². The second-order valence-electron chi connectivity index (χ2n) is 7.08. The summed E-state index contributed by atoms with van der Waals surface area (Å²) >= 11 is 9.89. The maximum absolute atomic E-state index is 12.6. The number of hydrogen-bond donors (Lipinski definition) is 2. The highest BCUT2D eigenvalue weighted by atomic mass is 79.9. The lowest BCUT2D eigenvalue weighted by molar-refractivity contribution is -0.119. The molecule has 7 nitrogen and oxygen atoms in total. The number of ether oxygens (including phenoxy) is 1. The minimum atomic E-state index is -0.392. The second-order valence-corrected chi connectivity index (χ2v) is 8.40. The standard InChI is InChI=1S/C21H15BrClN3O4/c22-11-1-4-16-14(7-11)17-18(30-16)21(28)26-19(25-17)13-3-2-12(8-15(13)23)24-20(27)10-5-6-29-9-10/h1-4,7-8,10H,5-6,9H2,(H,24,27)(H,25,26,28). The SMILES string of the molecule is O=C(Nc1ccc(-c2nc3c(oc4ccc(Br)cc43)c(=O)[nH]2)c(Cl)c1)C1CCOC1. The van der Waals surface area contributed by atoms with E-state index in [2.05, 4.69) is 31.2 Å². The molecule has 2 aromatic heterocycles. The maximum Gasteiger partial charge on any atom is 0.294 e. The number of nitrogens with one attached hydrogen (secondary N) is 2. The normalized spacial score (nSPS) is 16.4. The highest BCUT2D eigenvalue weighted by Gasteiger charge is 2.24. The van der Waals surface area contributed by atoms with Gasteiger partial charge in [0.25, 0.3) is 5.56 Å². The van der Waals surface area contributed by atoms with Gasteiger partial charge < -0.3 is 19.5 Å². The Kier molecular flexibility index (Phi) is 4.85. The Hall–Kier alpha value is -2.68. The second kappa shape index (κ2) is 7.54. The van der Waals surface area contributed by atoms with Crippen LogP contribution in [0.2, 0.25) is 5.02 Å². The Morgan fingerprint density at radius 1 is 1.27 bits per heavy atom. The van der Waals surface area contributed by atoms with Crippen molar-refractivity contribution in [2.75, 3.05) is 18.5 Å². The summed E-state index contributed by atoms with van der Waals surface area (Å²) in [7, 11) is 0. The first kappa shape index (κ1) is 19.3. The van der Waals surface area contributed by atoms with Crippen LogP contribution in [0.4, 0.5) is 5.69 Å². The number of rotatable bonds is 3. The molecule has 1 unspecified atom stereocenters. The van der Waals surface area contributed by atoms with E-state index in [1.807, 2.05) is 12.1 Å². The van der Waals surface area contributed by atoms with Gasteiger partial charge in [0, 0.05) is 27.7 Å². The summed E-state index contributed by atoms with van der Waals surface area (Å²) in [4.78, 5) is 32.2. The van der Waals surface area contributed by atoms with E-state index in [1.165, 1.54) is 0 Å². The molecule has 0 bridgehead atoms. The number of fused-ring (bicyclic) bond motifs is 3. The van der Waals surface area contributed by atoms with Crippen LogP contribution >= 0.6 is 27.5 Å². The number of aromatic nitrogens is 2. The molecule has 9 heteroatoms. The Bertz CT molecular complexity index is 1360. The van der Waals surface area contributed by atoms with E-state index in [4.69, 9.17) is 20.8 Å². The Labute approximate surface area is 183 Å². The molecule has 1 aliphatic heterocycles. The van der Waals surface area contributed by atoms with Crippen molar-refractivity contribution >= 4 is 61.2 Å². The largest absolute Gasteiger partial charge is 0.449 e. The third-order valence-electron chi connectivity index (χ3n) is 5.08. The summed E-state index contributed by atoms with van der Waals surface area (Å²) in [6.07, 6.45) is 0.706. The van der Waals surface area contributed by atoms with E-state index in [-0.39, 0.29) is 17.4 Å². The lowest BCUT2D eigenvalue weighted by atomic mass is 10.1. The predicted molar refractivity (Wildman–Crippen MR) is 118 cm³/mol.